The van der Waals surface area contributed by atoms with E-state index in [1.54, 1.807) is 0 Å². The largest absolute Gasteiger partial charge is 0.456 e. The van der Waals surface area contributed by atoms with Gasteiger partial charge in [0.25, 0.3) is 0 Å². The molecule has 0 amide bonds. The maximum absolute atomic E-state index is 6.40. The predicted octanol–water partition coefficient (Wildman–Crippen LogP) is 13.1. The summed E-state index contributed by atoms with van der Waals surface area (Å²) in [6, 6.07) is 58.3. The van der Waals surface area contributed by atoms with E-state index < -0.39 is 0 Å². The van der Waals surface area contributed by atoms with Gasteiger partial charge in [0.15, 0.2) is 0 Å². The summed E-state index contributed by atoms with van der Waals surface area (Å²) in [7, 11) is 0. The van der Waals surface area contributed by atoms with Crippen molar-refractivity contribution in [2.45, 2.75) is 9.79 Å². The molecule has 0 spiro atoms. The van der Waals surface area contributed by atoms with Crippen molar-refractivity contribution in [3.05, 3.63) is 170 Å². The van der Waals surface area contributed by atoms with Crippen LogP contribution in [0.1, 0.15) is 0 Å². The molecular weight excluding hydrogens is 617 g/mol. The van der Waals surface area contributed by atoms with E-state index >= 15 is 0 Å². The Kier molecular flexibility index (Phi) is 6.42. The summed E-state index contributed by atoms with van der Waals surface area (Å²) in [5.74, 6) is 0. The number of nitrogens with zero attached hydrogens (tertiary/aromatic N) is 2. The zero-order valence-electron chi connectivity index (χ0n) is 26.4. The molecule has 1 aliphatic rings. The summed E-state index contributed by atoms with van der Waals surface area (Å²) < 4.78 is 6.40. The first-order valence-corrected chi connectivity index (χ1v) is 17.3. The van der Waals surface area contributed by atoms with Crippen LogP contribution in [0.15, 0.2) is 184 Å². The Balaban J connectivity index is 1.05. The third kappa shape index (κ3) is 4.72. The Morgan fingerprint density at radius 2 is 1.20 bits per heavy atom. The summed E-state index contributed by atoms with van der Waals surface area (Å²) >= 11 is 1.82. The highest BCUT2D eigenvalue weighted by atomic mass is 32.2. The average Bonchev–Trinajstić information content (AvgIpc) is 3.54. The Morgan fingerprint density at radius 3 is 2.16 bits per heavy atom. The number of pyridine rings is 1. The minimum Gasteiger partial charge on any atom is -0.456 e. The fourth-order valence-electron chi connectivity index (χ4n) is 7.12. The number of fused-ring (bicyclic) bond motifs is 6. The molecule has 0 saturated carbocycles. The molecule has 49 heavy (non-hydrogen) atoms. The summed E-state index contributed by atoms with van der Waals surface area (Å²) in [5.41, 5.74) is 12.0. The Bertz CT molecular complexity index is 2710. The highest BCUT2D eigenvalue weighted by Gasteiger charge is 2.25. The molecule has 2 aromatic heterocycles. The summed E-state index contributed by atoms with van der Waals surface area (Å²) in [5, 5.41) is 4.61. The molecule has 4 heteroatoms. The predicted molar refractivity (Wildman–Crippen MR) is 204 cm³/mol. The quantitative estimate of drug-likeness (QED) is 0.191. The molecule has 0 atom stereocenters. The number of hydrogen-bond donors (Lipinski definition) is 0. The minimum atomic E-state index is 0.897. The van der Waals surface area contributed by atoms with Crippen molar-refractivity contribution in [3.63, 3.8) is 0 Å². The molecule has 0 unspecified atom stereocenters. The number of hydrogen-bond acceptors (Lipinski definition) is 4. The van der Waals surface area contributed by atoms with E-state index in [1.165, 1.54) is 32.0 Å². The van der Waals surface area contributed by atoms with Crippen LogP contribution in [-0.2, 0) is 0 Å². The van der Waals surface area contributed by atoms with Gasteiger partial charge in [-0.25, -0.2) is 0 Å². The first kappa shape index (κ1) is 28.0. The second kappa shape index (κ2) is 11.3. The van der Waals surface area contributed by atoms with Crippen LogP contribution in [0.5, 0.6) is 0 Å². The van der Waals surface area contributed by atoms with E-state index in [2.05, 4.69) is 169 Å². The zero-order chi connectivity index (χ0) is 32.3. The number of furan rings is 1. The van der Waals surface area contributed by atoms with Crippen LogP contribution >= 0.6 is 11.8 Å². The average molecular weight is 645 g/mol. The molecule has 0 aliphatic carbocycles. The van der Waals surface area contributed by atoms with Crippen LogP contribution in [0.3, 0.4) is 0 Å². The van der Waals surface area contributed by atoms with Crippen molar-refractivity contribution in [1.29, 1.82) is 0 Å². The van der Waals surface area contributed by atoms with Crippen LogP contribution in [-0.4, -0.2) is 4.98 Å². The Morgan fingerprint density at radius 1 is 0.449 bits per heavy atom. The van der Waals surface area contributed by atoms with Gasteiger partial charge in [-0.05, 0) is 94.4 Å². The van der Waals surface area contributed by atoms with Crippen LogP contribution in [0.4, 0.5) is 17.1 Å². The van der Waals surface area contributed by atoms with Crippen LogP contribution < -0.4 is 4.90 Å². The van der Waals surface area contributed by atoms with Gasteiger partial charge in [0, 0.05) is 43.4 Å². The number of aromatic nitrogens is 1. The van der Waals surface area contributed by atoms with E-state index in [0.29, 0.717) is 0 Å². The van der Waals surface area contributed by atoms with E-state index in [9.17, 15) is 0 Å². The molecule has 1 aliphatic heterocycles. The van der Waals surface area contributed by atoms with E-state index in [4.69, 9.17) is 9.40 Å². The van der Waals surface area contributed by atoms with Crippen molar-refractivity contribution >= 4 is 61.5 Å². The first-order chi connectivity index (χ1) is 24.3. The number of benzene rings is 7. The highest BCUT2D eigenvalue weighted by molar-refractivity contribution is 7.99. The van der Waals surface area contributed by atoms with Crippen molar-refractivity contribution in [1.82, 2.24) is 4.98 Å². The van der Waals surface area contributed by atoms with E-state index in [-0.39, 0.29) is 0 Å². The highest BCUT2D eigenvalue weighted by Crippen LogP contribution is 2.52. The molecule has 230 valence electrons. The van der Waals surface area contributed by atoms with Crippen molar-refractivity contribution in [3.8, 4) is 33.5 Å². The Labute approximate surface area is 288 Å². The lowest BCUT2D eigenvalue weighted by Gasteiger charge is -2.33. The van der Waals surface area contributed by atoms with Gasteiger partial charge in [-0.3, -0.25) is 4.98 Å². The maximum atomic E-state index is 6.40. The summed E-state index contributed by atoms with van der Waals surface area (Å²) in [6.45, 7) is 0. The second-order valence-corrected chi connectivity index (χ2v) is 13.5. The van der Waals surface area contributed by atoms with E-state index in [1.807, 2.05) is 18.0 Å². The number of rotatable bonds is 4. The van der Waals surface area contributed by atoms with Crippen LogP contribution in [0.25, 0.3) is 66.2 Å². The molecule has 10 rings (SSSR count). The van der Waals surface area contributed by atoms with Gasteiger partial charge in [-0.1, -0.05) is 109 Å². The topological polar surface area (TPSA) is 29.3 Å². The molecule has 0 saturated heterocycles. The molecule has 7 aromatic carbocycles. The van der Waals surface area contributed by atoms with Gasteiger partial charge in [-0.2, -0.15) is 0 Å². The van der Waals surface area contributed by atoms with Gasteiger partial charge in [0.05, 0.1) is 17.1 Å². The van der Waals surface area contributed by atoms with Gasteiger partial charge in [-0.15, -0.1) is 0 Å². The first-order valence-electron chi connectivity index (χ1n) is 16.4. The lowest BCUT2D eigenvalue weighted by molar-refractivity contribution is 0.669. The SMILES string of the molecule is c1ccc(-c2ccc3oc4cc(-c5ccc6c(c5)Sc5ccccc5N6c5cccc(-c6nccc7ccccc67)c5)ccc4c3c2)cc1. The smallest absolute Gasteiger partial charge is 0.136 e. The van der Waals surface area contributed by atoms with Crippen molar-refractivity contribution in [2.75, 3.05) is 4.90 Å². The molecule has 0 fully saturated rings. The van der Waals surface area contributed by atoms with Crippen LogP contribution in [0.2, 0.25) is 0 Å². The standard InChI is InChI=1S/C45H28N2OS/c1-2-9-29(10-3-1)31-19-22-41-38(26-31)37-20-17-32(27-42(37)48-41)33-18-21-40-44(28-33)49-43-16-7-6-15-39(43)47(40)35-13-8-12-34(25-35)45-36-14-5-4-11-30(36)23-24-46-45/h1-28H. The lowest BCUT2D eigenvalue weighted by Crippen LogP contribution is -2.14. The number of anilines is 3. The molecule has 9 aromatic rings. The zero-order valence-corrected chi connectivity index (χ0v) is 27.2. The van der Waals surface area contributed by atoms with Gasteiger partial charge < -0.3 is 9.32 Å². The van der Waals surface area contributed by atoms with Gasteiger partial charge >= 0.3 is 0 Å². The molecule has 0 radical (unpaired) electrons. The molecule has 3 nitrogen and oxygen atoms in total. The summed E-state index contributed by atoms with van der Waals surface area (Å²) in [4.78, 5) is 9.64. The van der Waals surface area contributed by atoms with Crippen molar-refractivity contribution in [2.24, 2.45) is 0 Å². The number of para-hydroxylation sites is 1. The fourth-order valence-corrected chi connectivity index (χ4v) is 8.22. The molecular formula is C45H28N2OS. The third-order valence-corrected chi connectivity index (χ3v) is 10.6. The van der Waals surface area contributed by atoms with Gasteiger partial charge in [0.1, 0.15) is 11.2 Å². The summed E-state index contributed by atoms with van der Waals surface area (Å²) in [6.07, 6.45) is 1.90. The van der Waals surface area contributed by atoms with Crippen LogP contribution in [0, 0.1) is 0 Å². The Hall–Kier alpha value is -6.10. The monoisotopic (exact) mass is 644 g/mol. The maximum Gasteiger partial charge on any atom is 0.136 e. The lowest BCUT2D eigenvalue weighted by atomic mass is 10.0. The van der Waals surface area contributed by atoms with E-state index in [0.717, 1.165) is 61.1 Å². The van der Waals surface area contributed by atoms with Crippen molar-refractivity contribution < 1.29 is 4.42 Å². The molecule has 3 heterocycles. The normalized spacial score (nSPS) is 12.4. The van der Waals surface area contributed by atoms with Gasteiger partial charge in [0.2, 0.25) is 0 Å². The molecule has 0 bridgehead atoms. The third-order valence-electron chi connectivity index (χ3n) is 9.49. The second-order valence-electron chi connectivity index (χ2n) is 12.4. The minimum absolute atomic E-state index is 0.897. The fraction of sp³-hybridized carbons (Fsp3) is 0. The molecule has 0 N–H and O–H groups in total.